The number of aromatic hydroxyl groups is 1. The van der Waals surface area contributed by atoms with E-state index in [1.54, 1.807) is 6.07 Å². The Hall–Kier alpha value is -1.48. The Kier molecular flexibility index (Phi) is 3.69. The van der Waals surface area contributed by atoms with Crippen LogP contribution in [0.2, 0.25) is 0 Å². The fourth-order valence-electron chi connectivity index (χ4n) is 1.54. The van der Waals surface area contributed by atoms with Gasteiger partial charge in [-0.15, -0.1) is 0 Å². The molecular formula is C14H13BrO2. The van der Waals surface area contributed by atoms with Gasteiger partial charge in [-0.05, 0) is 40.0 Å². The van der Waals surface area contributed by atoms with Crippen LogP contribution in [0.4, 0.5) is 0 Å². The van der Waals surface area contributed by atoms with Crippen molar-refractivity contribution in [3.8, 4) is 11.5 Å². The van der Waals surface area contributed by atoms with Crippen LogP contribution in [0.1, 0.15) is 11.1 Å². The van der Waals surface area contributed by atoms with Crippen molar-refractivity contribution in [2.24, 2.45) is 0 Å². The molecule has 0 spiro atoms. The Bertz CT molecular complexity index is 486. The van der Waals surface area contributed by atoms with Crippen molar-refractivity contribution in [2.75, 3.05) is 0 Å². The van der Waals surface area contributed by atoms with Crippen LogP contribution < -0.4 is 4.74 Å². The highest BCUT2D eigenvalue weighted by molar-refractivity contribution is 9.10. The minimum absolute atomic E-state index is 0.202. The Morgan fingerprint density at radius 1 is 1.18 bits per heavy atom. The van der Waals surface area contributed by atoms with E-state index >= 15 is 0 Å². The summed E-state index contributed by atoms with van der Waals surface area (Å²) in [6.45, 7) is 2.42. The maximum Gasteiger partial charge on any atom is 0.133 e. The van der Waals surface area contributed by atoms with E-state index in [-0.39, 0.29) is 5.75 Å². The van der Waals surface area contributed by atoms with Crippen molar-refractivity contribution in [1.82, 2.24) is 0 Å². The van der Waals surface area contributed by atoms with Crippen molar-refractivity contribution in [1.29, 1.82) is 0 Å². The van der Waals surface area contributed by atoms with Crippen molar-refractivity contribution < 1.29 is 9.84 Å². The third kappa shape index (κ3) is 3.01. The van der Waals surface area contributed by atoms with Crippen molar-refractivity contribution in [2.45, 2.75) is 13.5 Å². The first-order valence-corrected chi connectivity index (χ1v) is 6.12. The third-order valence-electron chi connectivity index (χ3n) is 2.46. The average molecular weight is 293 g/mol. The standard InChI is InChI=1S/C14H13BrO2/c1-10-7-12(8-13(16)14(10)15)17-9-11-5-3-2-4-6-11/h2-8,16H,9H2,1H3. The van der Waals surface area contributed by atoms with E-state index in [2.05, 4.69) is 15.9 Å². The van der Waals surface area contributed by atoms with E-state index < -0.39 is 0 Å². The van der Waals surface area contributed by atoms with E-state index in [4.69, 9.17) is 4.74 Å². The molecule has 0 saturated carbocycles. The average Bonchev–Trinajstić information content (AvgIpc) is 2.34. The van der Waals surface area contributed by atoms with Crippen LogP contribution in [-0.2, 0) is 6.61 Å². The van der Waals surface area contributed by atoms with Gasteiger partial charge in [-0.25, -0.2) is 0 Å². The maximum absolute atomic E-state index is 9.65. The number of hydrogen-bond acceptors (Lipinski definition) is 2. The highest BCUT2D eigenvalue weighted by Crippen LogP contribution is 2.32. The van der Waals surface area contributed by atoms with Gasteiger partial charge in [0.15, 0.2) is 0 Å². The lowest BCUT2D eigenvalue weighted by molar-refractivity contribution is 0.304. The first-order valence-electron chi connectivity index (χ1n) is 5.32. The zero-order chi connectivity index (χ0) is 12.3. The summed E-state index contributed by atoms with van der Waals surface area (Å²) >= 11 is 3.30. The minimum Gasteiger partial charge on any atom is -0.507 e. The summed E-state index contributed by atoms with van der Waals surface area (Å²) in [5.74, 6) is 0.875. The summed E-state index contributed by atoms with van der Waals surface area (Å²) in [7, 11) is 0. The van der Waals surface area contributed by atoms with Gasteiger partial charge in [0, 0.05) is 6.07 Å². The lowest BCUT2D eigenvalue weighted by Gasteiger charge is -2.09. The summed E-state index contributed by atoms with van der Waals surface area (Å²) in [5.41, 5.74) is 2.06. The third-order valence-corrected chi connectivity index (χ3v) is 3.49. The molecule has 17 heavy (non-hydrogen) atoms. The molecule has 0 radical (unpaired) electrons. The molecule has 0 saturated heterocycles. The molecule has 2 aromatic carbocycles. The molecule has 0 bridgehead atoms. The summed E-state index contributed by atoms with van der Waals surface area (Å²) in [6, 6.07) is 13.4. The normalized spacial score (nSPS) is 10.2. The Morgan fingerprint density at radius 3 is 2.53 bits per heavy atom. The van der Waals surface area contributed by atoms with Crippen LogP contribution in [0.15, 0.2) is 46.9 Å². The first-order chi connectivity index (χ1) is 8.16. The van der Waals surface area contributed by atoms with Gasteiger partial charge in [0.2, 0.25) is 0 Å². The van der Waals surface area contributed by atoms with Gasteiger partial charge < -0.3 is 9.84 Å². The van der Waals surface area contributed by atoms with Crippen LogP contribution in [0.25, 0.3) is 0 Å². The number of phenols is 1. The van der Waals surface area contributed by atoms with Crippen molar-refractivity contribution in [3.63, 3.8) is 0 Å². The van der Waals surface area contributed by atoms with Crippen LogP contribution >= 0.6 is 15.9 Å². The number of phenolic OH excluding ortho intramolecular Hbond substituents is 1. The highest BCUT2D eigenvalue weighted by atomic mass is 79.9. The van der Waals surface area contributed by atoms with Gasteiger partial charge in [0.05, 0.1) is 4.47 Å². The summed E-state index contributed by atoms with van der Waals surface area (Å²) in [6.07, 6.45) is 0. The second-order valence-electron chi connectivity index (χ2n) is 3.85. The Labute approximate surface area is 109 Å². The first kappa shape index (κ1) is 12.0. The van der Waals surface area contributed by atoms with E-state index in [1.165, 1.54) is 0 Å². The Balaban J connectivity index is 2.10. The largest absolute Gasteiger partial charge is 0.507 e. The number of rotatable bonds is 3. The summed E-state index contributed by atoms with van der Waals surface area (Å²) < 4.78 is 6.34. The van der Waals surface area contributed by atoms with Gasteiger partial charge in [0.25, 0.3) is 0 Å². The van der Waals surface area contributed by atoms with Gasteiger partial charge in [0.1, 0.15) is 18.1 Å². The molecule has 88 valence electrons. The monoisotopic (exact) mass is 292 g/mol. The lowest BCUT2D eigenvalue weighted by atomic mass is 10.2. The summed E-state index contributed by atoms with van der Waals surface area (Å²) in [4.78, 5) is 0. The minimum atomic E-state index is 0.202. The van der Waals surface area contributed by atoms with Crippen LogP contribution in [0.5, 0.6) is 11.5 Å². The molecule has 0 unspecified atom stereocenters. The lowest BCUT2D eigenvalue weighted by Crippen LogP contribution is -1.95. The van der Waals surface area contributed by atoms with E-state index in [0.717, 1.165) is 11.1 Å². The van der Waals surface area contributed by atoms with Gasteiger partial charge >= 0.3 is 0 Å². The van der Waals surface area contributed by atoms with Crippen LogP contribution in [0, 0.1) is 6.92 Å². The zero-order valence-electron chi connectivity index (χ0n) is 9.48. The topological polar surface area (TPSA) is 29.5 Å². The molecule has 0 aromatic heterocycles. The number of aryl methyl sites for hydroxylation is 1. The molecule has 0 atom stereocenters. The van der Waals surface area contributed by atoms with Gasteiger partial charge in [-0.2, -0.15) is 0 Å². The molecule has 0 fully saturated rings. The van der Waals surface area contributed by atoms with Gasteiger partial charge in [-0.3, -0.25) is 0 Å². The molecular weight excluding hydrogens is 280 g/mol. The van der Waals surface area contributed by atoms with Crippen LogP contribution in [0.3, 0.4) is 0 Å². The quantitative estimate of drug-likeness (QED) is 0.925. The van der Waals surface area contributed by atoms with E-state index in [0.29, 0.717) is 16.8 Å². The fourth-order valence-corrected chi connectivity index (χ4v) is 1.77. The number of hydrogen-bond donors (Lipinski definition) is 1. The van der Waals surface area contributed by atoms with E-state index in [1.807, 2.05) is 43.3 Å². The zero-order valence-corrected chi connectivity index (χ0v) is 11.1. The molecule has 0 aliphatic carbocycles. The smallest absolute Gasteiger partial charge is 0.133 e. The van der Waals surface area contributed by atoms with Gasteiger partial charge in [-0.1, -0.05) is 30.3 Å². The molecule has 0 aliphatic rings. The maximum atomic E-state index is 9.65. The number of ether oxygens (including phenoxy) is 1. The number of halogens is 1. The predicted molar refractivity (Wildman–Crippen MR) is 71.3 cm³/mol. The number of benzene rings is 2. The molecule has 2 nitrogen and oxygen atoms in total. The molecule has 2 aromatic rings. The Morgan fingerprint density at radius 2 is 1.88 bits per heavy atom. The summed E-state index contributed by atoms with van der Waals surface area (Å²) in [5, 5.41) is 9.65. The molecule has 2 rings (SSSR count). The highest BCUT2D eigenvalue weighted by Gasteiger charge is 2.05. The van der Waals surface area contributed by atoms with E-state index in [9.17, 15) is 5.11 Å². The fraction of sp³-hybridized carbons (Fsp3) is 0.143. The van der Waals surface area contributed by atoms with Crippen LogP contribution in [-0.4, -0.2) is 5.11 Å². The molecule has 3 heteroatoms. The molecule has 0 amide bonds. The van der Waals surface area contributed by atoms with Crippen molar-refractivity contribution in [3.05, 3.63) is 58.1 Å². The molecule has 1 N–H and O–H groups in total. The second-order valence-corrected chi connectivity index (χ2v) is 4.64. The SMILES string of the molecule is Cc1cc(OCc2ccccc2)cc(O)c1Br. The second kappa shape index (κ2) is 5.23. The van der Waals surface area contributed by atoms with Crippen molar-refractivity contribution >= 4 is 15.9 Å². The molecule has 0 aliphatic heterocycles. The predicted octanol–water partition coefficient (Wildman–Crippen LogP) is 4.04. The molecule has 0 heterocycles.